The second-order valence-corrected chi connectivity index (χ2v) is 6.11. The minimum absolute atomic E-state index is 0.242. The molecule has 0 aliphatic carbocycles. The third-order valence-corrected chi connectivity index (χ3v) is 4.21. The first kappa shape index (κ1) is 15.1. The van der Waals surface area contributed by atoms with Gasteiger partial charge >= 0.3 is 0 Å². The average molecular weight is 326 g/mol. The van der Waals surface area contributed by atoms with E-state index < -0.39 is 0 Å². The monoisotopic (exact) mass is 326 g/mol. The zero-order valence-corrected chi connectivity index (χ0v) is 13.5. The number of hydrogen-bond donors (Lipinski definition) is 1. The van der Waals surface area contributed by atoms with Crippen LogP contribution >= 0.6 is 0 Å². The number of nitrogens with zero attached hydrogens (tertiary/aromatic N) is 3. The molecule has 4 rings (SSSR count). The van der Waals surface area contributed by atoms with E-state index in [2.05, 4.69) is 15.4 Å². The number of halogens is 1. The number of nitrogens with one attached hydrogen (secondary N) is 1. The van der Waals surface area contributed by atoms with Gasteiger partial charge in [-0.05, 0) is 31.9 Å². The summed E-state index contributed by atoms with van der Waals surface area (Å²) in [6.45, 7) is 3.53. The van der Waals surface area contributed by atoms with Crippen molar-refractivity contribution in [3.05, 3.63) is 47.9 Å². The van der Waals surface area contributed by atoms with E-state index in [1.54, 1.807) is 10.6 Å². The van der Waals surface area contributed by atoms with Crippen molar-refractivity contribution in [2.45, 2.75) is 25.9 Å². The highest BCUT2D eigenvalue weighted by Crippen LogP contribution is 2.23. The first-order chi connectivity index (χ1) is 11.7. The van der Waals surface area contributed by atoms with Gasteiger partial charge in [0, 0.05) is 36.5 Å². The first-order valence-electron chi connectivity index (χ1n) is 8.18. The molecular formula is C18H19FN4O. The van der Waals surface area contributed by atoms with Gasteiger partial charge in [-0.25, -0.2) is 9.37 Å². The summed E-state index contributed by atoms with van der Waals surface area (Å²) in [6, 6.07) is 10.3. The summed E-state index contributed by atoms with van der Waals surface area (Å²) in [4.78, 5) is 4.52. The summed E-state index contributed by atoms with van der Waals surface area (Å²) in [5, 5.41) is 8.00. The molecule has 1 aliphatic heterocycles. The number of hydrogen-bond acceptors (Lipinski definition) is 4. The number of fused-ring (bicyclic) bond motifs is 1. The van der Waals surface area contributed by atoms with E-state index >= 15 is 0 Å². The maximum Gasteiger partial charge on any atom is 0.158 e. The smallest absolute Gasteiger partial charge is 0.158 e. The SMILES string of the molecule is Cc1cc(NC[C@@H]2CCCO2)n2nc(-c3cccc(F)c3)cc2n1. The van der Waals surface area contributed by atoms with Crippen molar-refractivity contribution in [3.63, 3.8) is 0 Å². The molecule has 2 aromatic heterocycles. The lowest BCUT2D eigenvalue weighted by Gasteiger charge is -2.13. The fourth-order valence-corrected chi connectivity index (χ4v) is 3.04. The molecule has 0 spiro atoms. The fourth-order valence-electron chi connectivity index (χ4n) is 3.04. The van der Waals surface area contributed by atoms with Crippen LogP contribution in [0, 0.1) is 12.7 Å². The zero-order valence-electron chi connectivity index (χ0n) is 13.5. The van der Waals surface area contributed by atoms with Crippen LogP contribution in [-0.4, -0.2) is 33.9 Å². The summed E-state index contributed by atoms with van der Waals surface area (Å²) in [6.07, 6.45) is 2.43. The van der Waals surface area contributed by atoms with Gasteiger partial charge in [0.1, 0.15) is 11.6 Å². The van der Waals surface area contributed by atoms with Crippen LogP contribution in [0.1, 0.15) is 18.5 Å². The van der Waals surface area contributed by atoms with Crippen molar-refractivity contribution >= 4 is 11.5 Å². The van der Waals surface area contributed by atoms with Crippen molar-refractivity contribution in [2.24, 2.45) is 0 Å². The third-order valence-electron chi connectivity index (χ3n) is 4.21. The lowest BCUT2D eigenvalue weighted by atomic mass is 10.1. The largest absolute Gasteiger partial charge is 0.376 e. The van der Waals surface area contributed by atoms with E-state index in [-0.39, 0.29) is 11.9 Å². The lowest BCUT2D eigenvalue weighted by Crippen LogP contribution is -2.20. The van der Waals surface area contributed by atoms with E-state index in [4.69, 9.17) is 4.74 Å². The molecule has 124 valence electrons. The maximum absolute atomic E-state index is 13.5. The summed E-state index contributed by atoms with van der Waals surface area (Å²) in [5.74, 6) is 0.598. The van der Waals surface area contributed by atoms with Gasteiger partial charge in [0.2, 0.25) is 0 Å². The lowest BCUT2D eigenvalue weighted by molar-refractivity contribution is 0.120. The normalized spacial score (nSPS) is 17.5. The van der Waals surface area contributed by atoms with E-state index in [9.17, 15) is 4.39 Å². The Labute approximate surface area is 139 Å². The highest BCUT2D eigenvalue weighted by atomic mass is 19.1. The molecule has 5 nitrogen and oxygen atoms in total. The molecule has 1 N–H and O–H groups in total. The quantitative estimate of drug-likeness (QED) is 0.798. The Kier molecular flexibility index (Phi) is 3.90. The van der Waals surface area contributed by atoms with Crippen molar-refractivity contribution in [1.29, 1.82) is 0 Å². The fraction of sp³-hybridized carbons (Fsp3) is 0.333. The highest BCUT2D eigenvalue weighted by molar-refractivity contribution is 5.65. The van der Waals surface area contributed by atoms with Crippen molar-refractivity contribution in [1.82, 2.24) is 14.6 Å². The van der Waals surface area contributed by atoms with E-state index in [0.29, 0.717) is 5.69 Å². The Balaban J connectivity index is 1.68. The molecule has 6 heteroatoms. The number of rotatable bonds is 4. The van der Waals surface area contributed by atoms with Crippen LogP contribution in [0.2, 0.25) is 0 Å². The van der Waals surface area contributed by atoms with Gasteiger partial charge in [0.05, 0.1) is 11.8 Å². The zero-order chi connectivity index (χ0) is 16.5. The molecule has 1 saturated heterocycles. The maximum atomic E-state index is 13.5. The minimum Gasteiger partial charge on any atom is -0.376 e. The standard InChI is InChI=1S/C18H19FN4O/c1-12-8-17(20-11-15-6-3-7-24-15)23-18(21-12)10-16(22-23)13-4-2-5-14(19)9-13/h2,4-5,8-10,15,20H,3,6-7,11H2,1H3/t15-/m0/s1. The molecule has 1 aliphatic rings. The van der Waals surface area contributed by atoms with Crippen molar-refractivity contribution < 1.29 is 9.13 Å². The number of aryl methyl sites for hydroxylation is 1. The summed E-state index contributed by atoms with van der Waals surface area (Å²) >= 11 is 0. The number of benzene rings is 1. The van der Waals surface area contributed by atoms with Crippen LogP contribution in [0.4, 0.5) is 10.2 Å². The second kappa shape index (κ2) is 6.20. The summed E-state index contributed by atoms with van der Waals surface area (Å²) in [5.41, 5.74) is 3.09. The predicted octanol–water partition coefficient (Wildman–Crippen LogP) is 3.43. The van der Waals surface area contributed by atoms with Gasteiger partial charge in [0.25, 0.3) is 0 Å². The van der Waals surface area contributed by atoms with Crippen LogP contribution in [0.15, 0.2) is 36.4 Å². The van der Waals surface area contributed by atoms with Gasteiger partial charge in [0.15, 0.2) is 5.65 Å². The van der Waals surface area contributed by atoms with Crippen LogP contribution in [0.5, 0.6) is 0 Å². The average Bonchev–Trinajstić information content (AvgIpc) is 3.21. The highest BCUT2D eigenvalue weighted by Gasteiger charge is 2.16. The van der Waals surface area contributed by atoms with E-state index in [1.165, 1.54) is 12.1 Å². The molecular weight excluding hydrogens is 307 g/mol. The third kappa shape index (κ3) is 2.97. The van der Waals surface area contributed by atoms with Crippen molar-refractivity contribution in [2.75, 3.05) is 18.5 Å². The van der Waals surface area contributed by atoms with Gasteiger partial charge in [-0.2, -0.15) is 9.61 Å². The molecule has 3 heterocycles. The van der Waals surface area contributed by atoms with Gasteiger partial charge in [-0.1, -0.05) is 12.1 Å². The van der Waals surface area contributed by atoms with Crippen molar-refractivity contribution in [3.8, 4) is 11.3 Å². The molecule has 0 unspecified atom stereocenters. The molecule has 0 saturated carbocycles. The molecule has 0 radical (unpaired) electrons. The Morgan fingerprint density at radius 2 is 2.25 bits per heavy atom. The number of aromatic nitrogens is 3. The number of ether oxygens (including phenoxy) is 1. The molecule has 0 bridgehead atoms. The van der Waals surface area contributed by atoms with E-state index in [0.717, 1.165) is 48.7 Å². The Morgan fingerprint density at radius 3 is 3.04 bits per heavy atom. The van der Waals surface area contributed by atoms with Crippen LogP contribution in [0.25, 0.3) is 16.9 Å². The first-order valence-corrected chi connectivity index (χ1v) is 8.18. The summed E-state index contributed by atoms with van der Waals surface area (Å²) < 4.78 is 20.9. The molecule has 1 aromatic carbocycles. The van der Waals surface area contributed by atoms with Gasteiger partial charge in [-0.3, -0.25) is 0 Å². The second-order valence-electron chi connectivity index (χ2n) is 6.11. The van der Waals surface area contributed by atoms with Crippen LogP contribution in [-0.2, 0) is 4.74 Å². The molecule has 1 atom stereocenters. The summed E-state index contributed by atoms with van der Waals surface area (Å²) in [7, 11) is 0. The predicted molar refractivity (Wildman–Crippen MR) is 90.6 cm³/mol. The minimum atomic E-state index is -0.273. The number of anilines is 1. The van der Waals surface area contributed by atoms with Gasteiger partial charge in [-0.15, -0.1) is 0 Å². The Hall–Kier alpha value is -2.47. The Morgan fingerprint density at radius 1 is 1.33 bits per heavy atom. The van der Waals surface area contributed by atoms with Crippen LogP contribution in [0.3, 0.4) is 0 Å². The molecule has 3 aromatic rings. The molecule has 0 amide bonds. The van der Waals surface area contributed by atoms with Crippen LogP contribution < -0.4 is 5.32 Å². The Bertz CT molecular complexity index is 871. The van der Waals surface area contributed by atoms with E-state index in [1.807, 2.05) is 25.1 Å². The topological polar surface area (TPSA) is 51.5 Å². The molecule has 24 heavy (non-hydrogen) atoms. The van der Waals surface area contributed by atoms with Gasteiger partial charge < -0.3 is 10.1 Å². The molecule has 1 fully saturated rings.